The minimum Gasteiger partial charge on any atom is -0.372 e. The molecule has 114 valence electrons. The van der Waals surface area contributed by atoms with Crippen LogP contribution < -0.4 is 5.32 Å². The molecule has 2 nitrogen and oxygen atoms in total. The summed E-state index contributed by atoms with van der Waals surface area (Å²) in [5, 5.41) is 3.24. The normalized spacial score (nSPS) is 13.4. The fourth-order valence-electron chi connectivity index (χ4n) is 1.85. The van der Waals surface area contributed by atoms with Crippen molar-refractivity contribution in [3.63, 3.8) is 0 Å². The molecule has 0 saturated heterocycles. The van der Waals surface area contributed by atoms with Gasteiger partial charge in [0.05, 0.1) is 6.10 Å². The number of halogens is 3. The summed E-state index contributed by atoms with van der Waals surface area (Å²) in [6, 6.07) is 9.58. The van der Waals surface area contributed by atoms with Gasteiger partial charge in [0.1, 0.15) is 0 Å². The summed E-state index contributed by atoms with van der Waals surface area (Å²) >= 11 is 0. The minimum atomic E-state index is -4.11. The molecule has 0 spiro atoms. The topological polar surface area (TPSA) is 21.3 Å². The molecule has 1 unspecified atom stereocenters. The molecule has 0 saturated carbocycles. The van der Waals surface area contributed by atoms with E-state index in [1.54, 1.807) is 0 Å². The number of benzene rings is 1. The molecular formula is C15H22F3NO. The molecule has 0 aromatic heterocycles. The Morgan fingerprint density at radius 2 is 1.90 bits per heavy atom. The van der Waals surface area contributed by atoms with Gasteiger partial charge in [0.2, 0.25) is 0 Å². The largest absolute Gasteiger partial charge is 0.389 e. The van der Waals surface area contributed by atoms with Gasteiger partial charge in [0, 0.05) is 19.6 Å². The van der Waals surface area contributed by atoms with Crippen LogP contribution in [0, 0.1) is 0 Å². The Hall–Kier alpha value is -1.07. The summed E-state index contributed by atoms with van der Waals surface area (Å²) in [5.74, 6) is 0. The van der Waals surface area contributed by atoms with Gasteiger partial charge in [-0.15, -0.1) is 0 Å². The second kappa shape index (κ2) is 8.97. The van der Waals surface area contributed by atoms with E-state index in [2.05, 4.69) is 12.2 Å². The molecule has 1 aromatic carbocycles. The predicted octanol–water partition coefficient (Wildman–Crippen LogP) is 4.09. The van der Waals surface area contributed by atoms with Crippen molar-refractivity contribution in [1.82, 2.24) is 5.32 Å². The van der Waals surface area contributed by atoms with Crippen LogP contribution in [0.3, 0.4) is 0 Å². The maximum Gasteiger partial charge on any atom is 0.389 e. The molecule has 1 rings (SSSR count). The van der Waals surface area contributed by atoms with E-state index in [0.717, 1.165) is 18.5 Å². The van der Waals surface area contributed by atoms with Crippen LogP contribution in [-0.4, -0.2) is 25.9 Å². The van der Waals surface area contributed by atoms with Crippen molar-refractivity contribution < 1.29 is 17.9 Å². The SMILES string of the molecule is CCCNCC(OCCCC(F)(F)F)c1ccccc1. The number of hydrogen-bond acceptors (Lipinski definition) is 2. The van der Waals surface area contributed by atoms with Crippen LogP contribution >= 0.6 is 0 Å². The third-order valence-corrected chi connectivity index (χ3v) is 2.85. The number of ether oxygens (including phenoxy) is 1. The highest BCUT2D eigenvalue weighted by Gasteiger charge is 2.26. The lowest BCUT2D eigenvalue weighted by Crippen LogP contribution is -2.24. The van der Waals surface area contributed by atoms with Crippen LogP contribution in [-0.2, 0) is 4.74 Å². The van der Waals surface area contributed by atoms with E-state index < -0.39 is 12.6 Å². The molecule has 1 atom stereocenters. The van der Waals surface area contributed by atoms with Gasteiger partial charge < -0.3 is 10.1 Å². The first-order valence-electron chi connectivity index (χ1n) is 6.97. The predicted molar refractivity (Wildman–Crippen MR) is 73.6 cm³/mol. The Kier molecular flexibility index (Phi) is 7.62. The second-order valence-electron chi connectivity index (χ2n) is 4.69. The number of rotatable bonds is 9. The third-order valence-electron chi connectivity index (χ3n) is 2.85. The highest BCUT2D eigenvalue weighted by Crippen LogP contribution is 2.22. The molecule has 0 amide bonds. The molecule has 0 radical (unpaired) electrons. The summed E-state index contributed by atoms with van der Waals surface area (Å²) in [4.78, 5) is 0. The van der Waals surface area contributed by atoms with E-state index in [1.807, 2.05) is 30.3 Å². The smallest absolute Gasteiger partial charge is 0.372 e. The Morgan fingerprint density at radius 3 is 2.50 bits per heavy atom. The lowest BCUT2D eigenvalue weighted by Gasteiger charge is -2.19. The average molecular weight is 289 g/mol. The Labute approximate surface area is 118 Å². The van der Waals surface area contributed by atoms with Gasteiger partial charge in [-0.2, -0.15) is 13.2 Å². The van der Waals surface area contributed by atoms with Crippen LogP contribution in [0.2, 0.25) is 0 Å². The zero-order chi connectivity index (χ0) is 14.8. The van der Waals surface area contributed by atoms with E-state index >= 15 is 0 Å². The highest BCUT2D eigenvalue weighted by atomic mass is 19.4. The minimum absolute atomic E-state index is 0.000606. The zero-order valence-corrected chi connectivity index (χ0v) is 11.7. The molecule has 20 heavy (non-hydrogen) atoms. The quantitative estimate of drug-likeness (QED) is 0.691. The molecular weight excluding hydrogens is 267 g/mol. The first kappa shape index (κ1) is 17.0. The molecule has 0 heterocycles. The van der Waals surface area contributed by atoms with Gasteiger partial charge in [-0.25, -0.2) is 0 Å². The standard InChI is InChI=1S/C15H22F3NO/c1-2-10-19-12-14(13-7-4-3-5-8-13)20-11-6-9-15(16,17)18/h3-5,7-8,14,19H,2,6,9-12H2,1H3. The zero-order valence-electron chi connectivity index (χ0n) is 11.7. The summed E-state index contributed by atoms with van der Waals surface area (Å²) in [6.07, 6.45) is -4.09. The Bertz CT molecular complexity index is 354. The lowest BCUT2D eigenvalue weighted by molar-refractivity contribution is -0.138. The van der Waals surface area contributed by atoms with Gasteiger partial charge in [-0.1, -0.05) is 37.3 Å². The third kappa shape index (κ3) is 7.50. The Morgan fingerprint density at radius 1 is 1.20 bits per heavy atom. The summed E-state index contributed by atoms with van der Waals surface area (Å²) in [6.45, 7) is 3.67. The molecule has 0 aliphatic carbocycles. The molecule has 0 bridgehead atoms. The first-order chi connectivity index (χ1) is 9.53. The van der Waals surface area contributed by atoms with Gasteiger partial charge >= 0.3 is 6.18 Å². The van der Waals surface area contributed by atoms with Crippen LogP contribution in [0.1, 0.15) is 37.9 Å². The summed E-state index contributed by atoms with van der Waals surface area (Å²) < 4.78 is 41.9. The number of nitrogens with one attached hydrogen (secondary N) is 1. The van der Waals surface area contributed by atoms with Crippen molar-refractivity contribution in [2.75, 3.05) is 19.7 Å². The van der Waals surface area contributed by atoms with Crippen molar-refractivity contribution in [2.24, 2.45) is 0 Å². The monoisotopic (exact) mass is 289 g/mol. The van der Waals surface area contributed by atoms with E-state index in [9.17, 15) is 13.2 Å². The fraction of sp³-hybridized carbons (Fsp3) is 0.600. The summed E-state index contributed by atoms with van der Waals surface area (Å²) in [5.41, 5.74) is 0.989. The Balaban J connectivity index is 2.42. The average Bonchev–Trinajstić information content (AvgIpc) is 2.41. The number of alkyl halides is 3. The van der Waals surface area contributed by atoms with E-state index in [4.69, 9.17) is 4.74 Å². The first-order valence-corrected chi connectivity index (χ1v) is 6.97. The van der Waals surface area contributed by atoms with Crippen LogP contribution in [0.5, 0.6) is 0 Å². The molecule has 0 aliphatic rings. The van der Waals surface area contributed by atoms with E-state index in [-0.39, 0.29) is 19.1 Å². The maximum atomic E-state index is 12.1. The molecule has 1 N–H and O–H groups in total. The summed E-state index contributed by atoms with van der Waals surface area (Å²) in [7, 11) is 0. The fourth-order valence-corrected chi connectivity index (χ4v) is 1.85. The maximum absolute atomic E-state index is 12.1. The molecule has 1 aromatic rings. The number of hydrogen-bond donors (Lipinski definition) is 1. The van der Waals surface area contributed by atoms with Gasteiger partial charge in [-0.05, 0) is 24.9 Å². The van der Waals surface area contributed by atoms with Crippen molar-refractivity contribution in [2.45, 2.75) is 38.5 Å². The van der Waals surface area contributed by atoms with Crippen molar-refractivity contribution in [3.05, 3.63) is 35.9 Å². The molecule has 5 heteroatoms. The molecule has 0 aliphatic heterocycles. The second-order valence-corrected chi connectivity index (χ2v) is 4.69. The van der Waals surface area contributed by atoms with Crippen molar-refractivity contribution in [1.29, 1.82) is 0 Å². The molecule has 0 fully saturated rings. The van der Waals surface area contributed by atoms with Crippen LogP contribution in [0.15, 0.2) is 30.3 Å². The van der Waals surface area contributed by atoms with Gasteiger partial charge in [0.15, 0.2) is 0 Å². The van der Waals surface area contributed by atoms with Crippen LogP contribution in [0.4, 0.5) is 13.2 Å². The van der Waals surface area contributed by atoms with Crippen LogP contribution in [0.25, 0.3) is 0 Å². The van der Waals surface area contributed by atoms with E-state index in [1.165, 1.54) is 0 Å². The van der Waals surface area contributed by atoms with Crippen molar-refractivity contribution in [3.8, 4) is 0 Å². The van der Waals surface area contributed by atoms with Gasteiger partial charge in [0.25, 0.3) is 0 Å². The van der Waals surface area contributed by atoms with Crippen molar-refractivity contribution >= 4 is 0 Å². The van der Waals surface area contributed by atoms with Gasteiger partial charge in [-0.3, -0.25) is 0 Å². The lowest BCUT2D eigenvalue weighted by atomic mass is 10.1. The van der Waals surface area contributed by atoms with E-state index in [0.29, 0.717) is 6.54 Å². The highest BCUT2D eigenvalue weighted by molar-refractivity contribution is 5.17.